The van der Waals surface area contributed by atoms with Crippen LogP contribution in [0.5, 0.6) is 0 Å². The zero-order valence-electron chi connectivity index (χ0n) is 13.9. The van der Waals surface area contributed by atoms with Gasteiger partial charge in [-0.25, -0.2) is 4.79 Å². The van der Waals surface area contributed by atoms with Crippen molar-refractivity contribution in [3.63, 3.8) is 0 Å². The summed E-state index contributed by atoms with van der Waals surface area (Å²) in [5.41, 5.74) is 2.88. The predicted octanol–water partition coefficient (Wildman–Crippen LogP) is 1.87. The van der Waals surface area contributed by atoms with Crippen molar-refractivity contribution in [1.82, 2.24) is 10.2 Å². The number of carbonyl (C=O) groups is 2. The van der Waals surface area contributed by atoms with Gasteiger partial charge in [-0.15, -0.1) is 0 Å². The summed E-state index contributed by atoms with van der Waals surface area (Å²) in [7, 11) is 0. The normalized spacial score (nSPS) is 18.1. The van der Waals surface area contributed by atoms with Crippen molar-refractivity contribution in [3.05, 3.63) is 29.3 Å². The number of anilines is 1. The van der Waals surface area contributed by atoms with Crippen LogP contribution in [-0.4, -0.2) is 42.1 Å². The van der Waals surface area contributed by atoms with Crippen LogP contribution in [0.25, 0.3) is 0 Å². The number of rotatable bonds is 1. The van der Waals surface area contributed by atoms with Crippen molar-refractivity contribution in [2.45, 2.75) is 39.5 Å². The molecule has 1 fully saturated rings. The zero-order chi connectivity index (χ0) is 16.6. The third kappa shape index (κ3) is 3.47. The van der Waals surface area contributed by atoms with Gasteiger partial charge >= 0.3 is 6.09 Å². The Hall–Kier alpha value is -2.08. The summed E-state index contributed by atoms with van der Waals surface area (Å²) in [4.78, 5) is 27.7. The standard InChI is InChI=1S/C17H23N3O3/c1-17(2,3)23-16(22)19-6-7-20(15(21)11-19)14-5-4-12-9-18-10-13(12)8-14/h4-5,8,18H,6-7,9-11H2,1-3H3. The van der Waals surface area contributed by atoms with Gasteiger partial charge in [0, 0.05) is 31.9 Å². The molecular weight excluding hydrogens is 294 g/mol. The molecule has 2 amide bonds. The van der Waals surface area contributed by atoms with Crippen LogP contribution in [0.1, 0.15) is 31.9 Å². The van der Waals surface area contributed by atoms with Crippen LogP contribution < -0.4 is 10.2 Å². The summed E-state index contributed by atoms with van der Waals surface area (Å²) in [5, 5.41) is 3.30. The van der Waals surface area contributed by atoms with Gasteiger partial charge in [-0.3, -0.25) is 9.69 Å². The van der Waals surface area contributed by atoms with Crippen molar-refractivity contribution in [1.29, 1.82) is 0 Å². The van der Waals surface area contributed by atoms with Gasteiger partial charge in [0.2, 0.25) is 5.91 Å². The zero-order valence-corrected chi connectivity index (χ0v) is 13.9. The fraction of sp³-hybridized carbons (Fsp3) is 0.529. The van der Waals surface area contributed by atoms with Gasteiger partial charge in [0.1, 0.15) is 12.1 Å². The van der Waals surface area contributed by atoms with Gasteiger partial charge in [0.25, 0.3) is 0 Å². The van der Waals surface area contributed by atoms with Crippen molar-refractivity contribution < 1.29 is 14.3 Å². The summed E-state index contributed by atoms with van der Waals surface area (Å²) in [6, 6.07) is 6.11. The molecule has 6 nitrogen and oxygen atoms in total. The molecule has 0 aromatic heterocycles. The Labute approximate surface area is 136 Å². The number of hydrogen-bond donors (Lipinski definition) is 1. The topological polar surface area (TPSA) is 61.9 Å². The van der Waals surface area contributed by atoms with Gasteiger partial charge in [-0.1, -0.05) is 6.07 Å². The van der Waals surface area contributed by atoms with E-state index in [0.29, 0.717) is 13.1 Å². The highest BCUT2D eigenvalue weighted by Gasteiger charge is 2.31. The van der Waals surface area contributed by atoms with Crippen LogP contribution in [0.4, 0.5) is 10.5 Å². The third-order valence-corrected chi connectivity index (χ3v) is 4.00. The Kier molecular flexibility index (Phi) is 4.02. The lowest BCUT2D eigenvalue weighted by molar-refractivity contribution is -0.121. The van der Waals surface area contributed by atoms with Crippen molar-refractivity contribution in [3.8, 4) is 0 Å². The van der Waals surface area contributed by atoms with E-state index >= 15 is 0 Å². The Bertz CT molecular complexity index is 636. The second kappa shape index (κ2) is 5.85. The maximum absolute atomic E-state index is 12.4. The summed E-state index contributed by atoms with van der Waals surface area (Å²) < 4.78 is 5.33. The van der Waals surface area contributed by atoms with E-state index < -0.39 is 11.7 Å². The van der Waals surface area contributed by atoms with Crippen LogP contribution >= 0.6 is 0 Å². The molecule has 0 bridgehead atoms. The van der Waals surface area contributed by atoms with Crippen LogP contribution in [0, 0.1) is 0 Å². The predicted molar refractivity (Wildman–Crippen MR) is 87.1 cm³/mol. The van der Waals surface area contributed by atoms with Gasteiger partial charge in [-0.2, -0.15) is 0 Å². The van der Waals surface area contributed by atoms with E-state index in [0.717, 1.165) is 18.8 Å². The average molecular weight is 317 g/mol. The van der Waals surface area contributed by atoms with Gasteiger partial charge < -0.3 is 15.0 Å². The summed E-state index contributed by atoms with van der Waals surface area (Å²) in [5.74, 6) is -0.0759. The van der Waals surface area contributed by atoms with Crippen molar-refractivity contribution in [2.24, 2.45) is 0 Å². The smallest absolute Gasteiger partial charge is 0.410 e. The molecular formula is C17H23N3O3. The van der Waals surface area contributed by atoms with E-state index in [1.807, 2.05) is 26.8 Å². The first kappa shape index (κ1) is 15.8. The molecule has 2 heterocycles. The molecule has 2 aliphatic heterocycles. The Morgan fingerprint density at radius 3 is 2.61 bits per heavy atom. The first-order valence-electron chi connectivity index (χ1n) is 7.94. The van der Waals surface area contributed by atoms with Crippen LogP contribution in [-0.2, 0) is 22.6 Å². The molecule has 124 valence electrons. The Balaban J connectivity index is 1.67. The third-order valence-electron chi connectivity index (χ3n) is 4.00. The summed E-state index contributed by atoms with van der Waals surface area (Å²) in [6.45, 7) is 8.22. The van der Waals surface area contributed by atoms with Crippen molar-refractivity contribution in [2.75, 3.05) is 24.5 Å². The highest BCUT2D eigenvalue weighted by molar-refractivity contribution is 5.97. The number of benzene rings is 1. The van der Waals surface area contributed by atoms with Crippen molar-refractivity contribution >= 4 is 17.7 Å². The van der Waals surface area contributed by atoms with E-state index in [2.05, 4.69) is 17.4 Å². The lowest BCUT2D eigenvalue weighted by Crippen LogP contribution is -2.53. The molecule has 1 saturated heterocycles. The fourth-order valence-corrected chi connectivity index (χ4v) is 2.88. The quantitative estimate of drug-likeness (QED) is 0.859. The lowest BCUT2D eigenvalue weighted by Gasteiger charge is -2.35. The number of nitrogens with zero attached hydrogens (tertiary/aromatic N) is 2. The lowest BCUT2D eigenvalue weighted by atomic mass is 10.1. The minimum absolute atomic E-state index is 0.0598. The molecule has 1 N–H and O–H groups in total. The Morgan fingerprint density at radius 1 is 1.17 bits per heavy atom. The van der Waals surface area contributed by atoms with E-state index in [4.69, 9.17) is 4.74 Å². The van der Waals surface area contributed by atoms with Crippen LogP contribution in [0.15, 0.2) is 18.2 Å². The molecule has 0 radical (unpaired) electrons. The SMILES string of the molecule is CC(C)(C)OC(=O)N1CCN(c2ccc3c(c2)CNC3)C(=O)C1. The minimum atomic E-state index is -0.551. The number of amides is 2. The maximum Gasteiger partial charge on any atom is 0.410 e. The second-order valence-electron chi connectivity index (χ2n) is 7.00. The number of nitrogens with one attached hydrogen (secondary N) is 1. The molecule has 0 unspecified atom stereocenters. The molecule has 0 atom stereocenters. The monoisotopic (exact) mass is 317 g/mol. The minimum Gasteiger partial charge on any atom is -0.444 e. The van der Waals surface area contributed by atoms with E-state index in [9.17, 15) is 9.59 Å². The van der Waals surface area contributed by atoms with Gasteiger partial charge in [0.15, 0.2) is 0 Å². The number of fused-ring (bicyclic) bond motifs is 1. The van der Waals surface area contributed by atoms with Gasteiger partial charge in [-0.05, 0) is 44.0 Å². The molecule has 2 aliphatic rings. The number of piperazine rings is 1. The van der Waals surface area contributed by atoms with E-state index in [1.165, 1.54) is 16.0 Å². The maximum atomic E-state index is 12.4. The fourth-order valence-electron chi connectivity index (χ4n) is 2.88. The molecule has 0 aliphatic carbocycles. The first-order valence-corrected chi connectivity index (χ1v) is 7.94. The number of hydrogen-bond acceptors (Lipinski definition) is 4. The number of carbonyl (C=O) groups excluding carboxylic acids is 2. The average Bonchev–Trinajstić information content (AvgIpc) is 2.92. The highest BCUT2D eigenvalue weighted by atomic mass is 16.6. The molecule has 1 aromatic carbocycles. The molecule has 0 saturated carbocycles. The summed E-state index contributed by atoms with van der Waals surface area (Å²) >= 11 is 0. The molecule has 23 heavy (non-hydrogen) atoms. The van der Waals surface area contributed by atoms with Crippen LogP contribution in [0.3, 0.4) is 0 Å². The molecule has 6 heteroatoms. The largest absolute Gasteiger partial charge is 0.444 e. The second-order valence-corrected chi connectivity index (χ2v) is 7.00. The molecule has 1 aromatic rings. The van der Waals surface area contributed by atoms with E-state index in [1.54, 1.807) is 4.90 Å². The highest BCUT2D eigenvalue weighted by Crippen LogP contribution is 2.24. The number of ether oxygens (including phenoxy) is 1. The molecule has 3 rings (SSSR count). The molecule has 0 spiro atoms. The Morgan fingerprint density at radius 2 is 1.91 bits per heavy atom. The first-order chi connectivity index (χ1) is 10.8. The van der Waals surface area contributed by atoms with E-state index in [-0.39, 0.29) is 12.5 Å². The van der Waals surface area contributed by atoms with Crippen LogP contribution in [0.2, 0.25) is 0 Å². The van der Waals surface area contributed by atoms with Gasteiger partial charge in [0.05, 0.1) is 0 Å². The summed E-state index contributed by atoms with van der Waals surface area (Å²) in [6.07, 6.45) is -0.427.